The fraction of sp³-hybridized carbons (Fsp3) is 0.321. The second-order valence-electron chi connectivity index (χ2n) is 8.75. The Morgan fingerprint density at radius 3 is 2.61 bits per heavy atom. The van der Waals surface area contributed by atoms with E-state index in [1.807, 2.05) is 24.3 Å². The zero-order chi connectivity index (χ0) is 21.6. The predicted molar refractivity (Wildman–Crippen MR) is 126 cm³/mol. The number of hydrogen-bond donors (Lipinski definition) is 1. The summed E-state index contributed by atoms with van der Waals surface area (Å²) in [5, 5.41) is 12.9. The normalized spacial score (nSPS) is 15.4. The molecule has 0 bridgehead atoms. The number of aryl methyl sites for hydroxylation is 1. The molecule has 0 amide bonds. The lowest BCUT2D eigenvalue weighted by Gasteiger charge is -2.26. The van der Waals surface area contributed by atoms with Crippen molar-refractivity contribution < 1.29 is 4.74 Å². The third kappa shape index (κ3) is 5.34. The molecule has 3 aromatic rings. The molecular formula is C28H30N2O. The quantitative estimate of drug-likeness (QED) is 0.527. The molecule has 31 heavy (non-hydrogen) atoms. The topological polar surface area (TPSA) is 45.0 Å². The first-order chi connectivity index (χ1) is 15.1. The van der Waals surface area contributed by atoms with E-state index in [0.29, 0.717) is 18.2 Å². The van der Waals surface area contributed by atoms with Crippen LogP contribution < -0.4 is 10.1 Å². The van der Waals surface area contributed by atoms with Crippen LogP contribution in [0.2, 0.25) is 0 Å². The van der Waals surface area contributed by atoms with Gasteiger partial charge in [0.1, 0.15) is 12.4 Å². The van der Waals surface area contributed by atoms with Crippen LogP contribution in [0.1, 0.15) is 42.5 Å². The Bertz CT molecular complexity index is 1060. The second kappa shape index (κ2) is 9.81. The summed E-state index contributed by atoms with van der Waals surface area (Å²) in [5.41, 5.74) is 6.74. The zero-order valence-electron chi connectivity index (χ0n) is 18.4. The highest BCUT2D eigenvalue weighted by atomic mass is 16.5. The smallest absolute Gasteiger partial charge is 0.120 e. The summed E-state index contributed by atoms with van der Waals surface area (Å²) in [6.45, 7) is 6.06. The fourth-order valence-electron chi connectivity index (χ4n) is 4.25. The highest BCUT2D eigenvalue weighted by Crippen LogP contribution is 2.29. The highest BCUT2D eigenvalue weighted by Gasteiger charge is 2.19. The van der Waals surface area contributed by atoms with Crippen LogP contribution >= 0.6 is 0 Å². The third-order valence-corrected chi connectivity index (χ3v) is 6.04. The molecule has 0 saturated carbocycles. The van der Waals surface area contributed by atoms with Crippen LogP contribution in [0, 0.1) is 17.2 Å². The minimum atomic E-state index is 0.542. The number of rotatable bonds is 7. The highest BCUT2D eigenvalue weighted by molar-refractivity contribution is 5.70. The molecule has 1 aliphatic rings. The molecule has 3 heteroatoms. The van der Waals surface area contributed by atoms with Crippen molar-refractivity contribution in [3.05, 3.63) is 89.0 Å². The molecule has 0 spiro atoms. The van der Waals surface area contributed by atoms with Crippen LogP contribution in [0.4, 0.5) is 0 Å². The SMILES string of the molecule is CC(C)NCC1CCc2cc(OCc3ccc(-c4ccccc4C#N)cc3)ccc2C1. The summed E-state index contributed by atoms with van der Waals surface area (Å²) < 4.78 is 6.09. The van der Waals surface area contributed by atoms with Gasteiger partial charge in [0.05, 0.1) is 11.6 Å². The van der Waals surface area contributed by atoms with Crippen LogP contribution in [0.3, 0.4) is 0 Å². The van der Waals surface area contributed by atoms with Crippen molar-refractivity contribution in [3.63, 3.8) is 0 Å². The standard InChI is InChI=1S/C28H30N2O/c1-20(2)30-18-22-9-12-25-16-27(14-13-24(25)15-22)31-19-21-7-10-23(11-8-21)28-6-4-3-5-26(28)17-29/h3-8,10-11,13-14,16,20,22,30H,9,12,15,18-19H2,1-2H3. The molecule has 4 rings (SSSR count). The number of fused-ring (bicyclic) bond motifs is 1. The van der Waals surface area contributed by atoms with Crippen LogP contribution in [0.25, 0.3) is 11.1 Å². The van der Waals surface area contributed by atoms with E-state index in [1.165, 1.54) is 17.5 Å². The molecule has 1 atom stereocenters. The number of nitriles is 1. The monoisotopic (exact) mass is 410 g/mol. The van der Waals surface area contributed by atoms with E-state index in [0.717, 1.165) is 47.7 Å². The Hall–Kier alpha value is -3.09. The van der Waals surface area contributed by atoms with Crippen molar-refractivity contribution in [2.24, 2.45) is 5.92 Å². The summed E-state index contributed by atoms with van der Waals surface area (Å²) in [6.07, 6.45) is 3.52. The molecule has 1 aliphatic carbocycles. The Labute approximate surface area is 185 Å². The molecule has 3 aromatic carbocycles. The van der Waals surface area contributed by atoms with E-state index < -0.39 is 0 Å². The lowest BCUT2D eigenvalue weighted by molar-refractivity contribution is 0.305. The summed E-state index contributed by atoms with van der Waals surface area (Å²) in [7, 11) is 0. The first-order valence-corrected chi connectivity index (χ1v) is 11.2. The molecule has 0 heterocycles. The molecule has 1 unspecified atom stereocenters. The minimum absolute atomic E-state index is 0.542. The van der Waals surface area contributed by atoms with Gasteiger partial charge in [-0.15, -0.1) is 0 Å². The van der Waals surface area contributed by atoms with Crippen LogP contribution in [0.5, 0.6) is 5.75 Å². The van der Waals surface area contributed by atoms with E-state index in [4.69, 9.17) is 4.74 Å². The number of nitrogens with one attached hydrogen (secondary N) is 1. The van der Waals surface area contributed by atoms with E-state index in [-0.39, 0.29) is 0 Å². The van der Waals surface area contributed by atoms with Gasteiger partial charge >= 0.3 is 0 Å². The maximum Gasteiger partial charge on any atom is 0.120 e. The predicted octanol–water partition coefficient (Wildman–Crippen LogP) is 5.91. The van der Waals surface area contributed by atoms with Crippen molar-refractivity contribution in [2.45, 2.75) is 45.8 Å². The number of nitrogens with zero attached hydrogens (tertiary/aromatic N) is 1. The Kier molecular flexibility index (Phi) is 6.70. The van der Waals surface area contributed by atoms with Gasteiger partial charge in [0.15, 0.2) is 0 Å². The molecule has 0 aromatic heterocycles. The van der Waals surface area contributed by atoms with E-state index >= 15 is 0 Å². The molecular weight excluding hydrogens is 380 g/mol. The minimum Gasteiger partial charge on any atom is -0.489 e. The summed E-state index contributed by atoms with van der Waals surface area (Å²) in [5.74, 6) is 1.67. The lowest BCUT2D eigenvalue weighted by Crippen LogP contribution is -2.31. The second-order valence-corrected chi connectivity index (χ2v) is 8.75. The van der Waals surface area contributed by atoms with Gasteiger partial charge in [-0.05, 0) is 77.7 Å². The van der Waals surface area contributed by atoms with E-state index in [9.17, 15) is 5.26 Å². The van der Waals surface area contributed by atoms with E-state index in [1.54, 1.807) is 0 Å². The Morgan fingerprint density at radius 2 is 1.84 bits per heavy atom. The number of hydrogen-bond acceptors (Lipinski definition) is 3. The maximum atomic E-state index is 9.32. The molecule has 0 fully saturated rings. The number of benzene rings is 3. The zero-order valence-corrected chi connectivity index (χ0v) is 18.4. The first kappa shape index (κ1) is 21.2. The first-order valence-electron chi connectivity index (χ1n) is 11.2. The maximum absolute atomic E-state index is 9.32. The van der Waals surface area contributed by atoms with Gasteiger partial charge in [0.2, 0.25) is 0 Å². The summed E-state index contributed by atoms with van der Waals surface area (Å²) in [4.78, 5) is 0. The van der Waals surface area contributed by atoms with Crippen molar-refractivity contribution >= 4 is 0 Å². The Balaban J connectivity index is 1.36. The Morgan fingerprint density at radius 1 is 1.03 bits per heavy atom. The fourth-order valence-corrected chi connectivity index (χ4v) is 4.25. The molecule has 3 nitrogen and oxygen atoms in total. The summed E-state index contributed by atoms with van der Waals surface area (Å²) in [6, 6.07) is 25.4. The third-order valence-electron chi connectivity index (χ3n) is 6.04. The molecule has 0 aliphatic heterocycles. The average Bonchev–Trinajstić information content (AvgIpc) is 2.81. The van der Waals surface area contributed by atoms with Crippen LogP contribution in [-0.2, 0) is 19.4 Å². The van der Waals surface area contributed by atoms with Crippen molar-refractivity contribution in [1.82, 2.24) is 5.32 Å². The van der Waals surface area contributed by atoms with Crippen LogP contribution in [-0.4, -0.2) is 12.6 Å². The van der Waals surface area contributed by atoms with Crippen molar-refractivity contribution in [2.75, 3.05) is 6.54 Å². The van der Waals surface area contributed by atoms with Gasteiger partial charge in [-0.1, -0.05) is 62.4 Å². The van der Waals surface area contributed by atoms with E-state index in [2.05, 4.69) is 67.7 Å². The van der Waals surface area contributed by atoms with Crippen molar-refractivity contribution in [1.29, 1.82) is 5.26 Å². The van der Waals surface area contributed by atoms with Gasteiger partial charge in [0, 0.05) is 6.04 Å². The lowest BCUT2D eigenvalue weighted by atomic mass is 9.83. The van der Waals surface area contributed by atoms with Gasteiger partial charge in [0.25, 0.3) is 0 Å². The van der Waals surface area contributed by atoms with Crippen LogP contribution in [0.15, 0.2) is 66.7 Å². The molecule has 158 valence electrons. The molecule has 0 radical (unpaired) electrons. The van der Waals surface area contributed by atoms with Gasteiger partial charge < -0.3 is 10.1 Å². The largest absolute Gasteiger partial charge is 0.489 e. The van der Waals surface area contributed by atoms with Crippen molar-refractivity contribution in [3.8, 4) is 22.9 Å². The molecule has 0 saturated heterocycles. The van der Waals surface area contributed by atoms with Gasteiger partial charge in [-0.2, -0.15) is 5.26 Å². The molecule has 1 N–H and O–H groups in total. The van der Waals surface area contributed by atoms with Gasteiger partial charge in [-0.3, -0.25) is 0 Å². The number of ether oxygens (including phenoxy) is 1. The van der Waals surface area contributed by atoms with Gasteiger partial charge in [-0.25, -0.2) is 0 Å². The summed E-state index contributed by atoms with van der Waals surface area (Å²) >= 11 is 0. The average molecular weight is 411 g/mol.